The van der Waals surface area contributed by atoms with Gasteiger partial charge in [0.1, 0.15) is 5.75 Å². The summed E-state index contributed by atoms with van der Waals surface area (Å²) in [5.74, 6) is 0.653. The van der Waals surface area contributed by atoms with E-state index in [-0.39, 0.29) is 5.91 Å². The zero-order valence-corrected chi connectivity index (χ0v) is 14.8. The maximum atomic E-state index is 12.4. The van der Waals surface area contributed by atoms with Crippen LogP contribution in [0.15, 0.2) is 36.4 Å². The van der Waals surface area contributed by atoms with Crippen molar-refractivity contribution < 1.29 is 9.53 Å². The molecule has 0 saturated carbocycles. The van der Waals surface area contributed by atoms with Crippen LogP contribution in [0.25, 0.3) is 0 Å². The molecule has 1 atom stereocenters. The molecule has 3 rings (SSSR count). The molecule has 0 aromatic heterocycles. The van der Waals surface area contributed by atoms with Gasteiger partial charge in [-0.25, -0.2) is 0 Å². The van der Waals surface area contributed by atoms with E-state index >= 15 is 0 Å². The molecule has 24 heavy (non-hydrogen) atoms. The molecule has 1 aliphatic rings. The standard InChI is InChI=1S/C20H22ClNO2/c1-13-10-11-16(12-18(13)21)22-20(23)14(2)24-19-9-5-7-15-6-3-4-8-17(15)19/h5,7,9-12,14H,3-4,6,8H2,1-2H3,(H,22,23)/t14-/m0/s1. The number of benzene rings is 2. The Morgan fingerprint density at radius 1 is 1.21 bits per heavy atom. The topological polar surface area (TPSA) is 38.3 Å². The van der Waals surface area contributed by atoms with Crippen molar-refractivity contribution in [3.05, 3.63) is 58.1 Å². The minimum Gasteiger partial charge on any atom is -0.481 e. The van der Waals surface area contributed by atoms with Crippen LogP contribution < -0.4 is 10.1 Å². The minimum atomic E-state index is -0.571. The second-order valence-corrected chi connectivity index (χ2v) is 6.72. The summed E-state index contributed by atoms with van der Waals surface area (Å²) in [6.45, 7) is 3.70. The highest BCUT2D eigenvalue weighted by molar-refractivity contribution is 6.31. The van der Waals surface area contributed by atoms with Crippen LogP contribution >= 0.6 is 11.6 Å². The van der Waals surface area contributed by atoms with E-state index in [0.717, 1.165) is 24.2 Å². The largest absolute Gasteiger partial charge is 0.481 e. The summed E-state index contributed by atoms with van der Waals surface area (Å²) in [6, 6.07) is 11.6. The van der Waals surface area contributed by atoms with Crippen molar-refractivity contribution >= 4 is 23.2 Å². The molecule has 0 radical (unpaired) electrons. The quantitative estimate of drug-likeness (QED) is 0.854. The first-order valence-corrected chi connectivity index (χ1v) is 8.77. The van der Waals surface area contributed by atoms with Crippen LogP contribution in [-0.2, 0) is 17.6 Å². The van der Waals surface area contributed by atoms with E-state index in [1.165, 1.54) is 24.0 Å². The molecule has 0 unspecified atom stereocenters. The Balaban J connectivity index is 1.69. The van der Waals surface area contributed by atoms with Crippen LogP contribution in [0.4, 0.5) is 5.69 Å². The third-order valence-corrected chi connectivity index (χ3v) is 4.87. The van der Waals surface area contributed by atoms with Crippen molar-refractivity contribution in [2.45, 2.75) is 45.6 Å². The number of carbonyl (C=O) groups excluding carboxylic acids is 1. The van der Waals surface area contributed by atoms with Crippen molar-refractivity contribution in [3.63, 3.8) is 0 Å². The Bertz CT molecular complexity index is 757. The van der Waals surface area contributed by atoms with Gasteiger partial charge in [0.25, 0.3) is 5.91 Å². The number of anilines is 1. The molecular weight excluding hydrogens is 322 g/mol. The highest BCUT2D eigenvalue weighted by atomic mass is 35.5. The molecule has 1 N–H and O–H groups in total. The van der Waals surface area contributed by atoms with E-state index < -0.39 is 6.10 Å². The fourth-order valence-corrected chi connectivity index (χ4v) is 3.20. The van der Waals surface area contributed by atoms with Gasteiger partial charge in [0.15, 0.2) is 6.10 Å². The second-order valence-electron chi connectivity index (χ2n) is 6.31. The SMILES string of the molecule is Cc1ccc(NC(=O)[C@H](C)Oc2cccc3c2CCCC3)cc1Cl. The lowest BCUT2D eigenvalue weighted by molar-refractivity contribution is -0.122. The van der Waals surface area contributed by atoms with Crippen LogP contribution in [-0.4, -0.2) is 12.0 Å². The predicted octanol–water partition coefficient (Wildman–Crippen LogP) is 4.93. The van der Waals surface area contributed by atoms with Crippen LogP contribution in [0.3, 0.4) is 0 Å². The van der Waals surface area contributed by atoms with E-state index in [9.17, 15) is 4.79 Å². The number of aryl methyl sites for hydroxylation is 2. The first-order chi connectivity index (χ1) is 11.5. The van der Waals surface area contributed by atoms with Gasteiger partial charge in [0, 0.05) is 10.7 Å². The fourth-order valence-electron chi connectivity index (χ4n) is 3.02. The van der Waals surface area contributed by atoms with Crippen LogP contribution in [0, 0.1) is 6.92 Å². The highest BCUT2D eigenvalue weighted by Crippen LogP contribution is 2.30. The molecule has 3 nitrogen and oxygen atoms in total. The number of amides is 1. The molecule has 0 aliphatic heterocycles. The number of ether oxygens (including phenoxy) is 1. The van der Waals surface area contributed by atoms with Crippen molar-refractivity contribution in [3.8, 4) is 5.75 Å². The molecule has 2 aromatic rings. The fraction of sp³-hybridized carbons (Fsp3) is 0.350. The lowest BCUT2D eigenvalue weighted by Gasteiger charge is -2.22. The molecule has 0 bridgehead atoms. The average Bonchev–Trinajstić information content (AvgIpc) is 2.58. The minimum absolute atomic E-state index is 0.177. The Kier molecular flexibility index (Phi) is 5.10. The summed E-state index contributed by atoms with van der Waals surface area (Å²) in [7, 11) is 0. The van der Waals surface area contributed by atoms with Crippen LogP contribution in [0.2, 0.25) is 5.02 Å². The van der Waals surface area contributed by atoms with Crippen molar-refractivity contribution in [2.75, 3.05) is 5.32 Å². The van der Waals surface area contributed by atoms with Gasteiger partial charge in [-0.1, -0.05) is 29.8 Å². The Labute approximate surface area is 148 Å². The zero-order valence-electron chi connectivity index (χ0n) is 14.1. The van der Waals surface area contributed by atoms with Gasteiger partial charge in [-0.05, 0) is 74.4 Å². The molecule has 2 aromatic carbocycles. The maximum absolute atomic E-state index is 12.4. The summed E-state index contributed by atoms with van der Waals surface area (Å²) in [5.41, 5.74) is 4.26. The first-order valence-electron chi connectivity index (χ1n) is 8.39. The molecular formula is C20H22ClNO2. The van der Waals surface area contributed by atoms with Crippen molar-refractivity contribution in [1.82, 2.24) is 0 Å². The first kappa shape index (κ1) is 16.8. The summed E-state index contributed by atoms with van der Waals surface area (Å²) < 4.78 is 5.96. The van der Waals surface area contributed by atoms with E-state index in [2.05, 4.69) is 11.4 Å². The van der Waals surface area contributed by atoms with Gasteiger partial charge < -0.3 is 10.1 Å². The van der Waals surface area contributed by atoms with Crippen molar-refractivity contribution in [1.29, 1.82) is 0 Å². The van der Waals surface area contributed by atoms with Gasteiger partial charge in [0.05, 0.1) is 0 Å². The van der Waals surface area contributed by atoms with E-state index in [1.807, 2.05) is 31.2 Å². The Morgan fingerprint density at radius 3 is 2.79 bits per heavy atom. The lowest BCUT2D eigenvalue weighted by Crippen LogP contribution is -2.30. The van der Waals surface area contributed by atoms with E-state index in [4.69, 9.17) is 16.3 Å². The number of halogens is 1. The van der Waals surface area contributed by atoms with Gasteiger partial charge in [-0.3, -0.25) is 4.79 Å². The number of hydrogen-bond donors (Lipinski definition) is 1. The number of nitrogens with one attached hydrogen (secondary N) is 1. The molecule has 4 heteroatoms. The highest BCUT2D eigenvalue weighted by Gasteiger charge is 2.19. The molecule has 0 fully saturated rings. The summed E-state index contributed by atoms with van der Waals surface area (Å²) in [6.07, 6.45) is 3.94. The van der Waals surface area contributed by atoms with Gasteiger partial charge >= 0.3 is 0 Å². The lowest BCUT2D eigenvalue weighted by atomic mass is 9.91. The smallest absolute Gasteiger partial charge is 0.265 e. The normalized spacial score (nSPS) is 14.6. The molecule has 0 heterocycles. The predicted molar refractivity (Wildman–Crippen MR) is 98.0 cm³/mol. The average molecular weight is 344 g/mol. The van der Waals surface area contributed by atoms with Gasteiger partial charge in [-0.15, -0.1) is 0 Å². The summed E-state index contributed by atoms with van der Waals surface area (Å²) >= 11 is 6.10. The number of fused-ring (bicyclic) bond motifs is 1. The zero-order chi connectivity index (χ0) is 17.1. The maximum Gasteiger partial charge on any atom is 0.265 e. The Hall–Kier alpha value is -2.00. The molecule has 1 amide bonds. The molecule has 0 spiro atoms. The van der Waals surface area contributed by atoms with E-state index in [1.54, 1.807) is 13.0 Å². The Morgan fingerprint density at radius 2 is 2.00 bits per heavy atom. The molecule has 0 saturated heterocycles. The third kappa shape index (κ3) is 3.73. The number of hydrogen-bond acceptors (Lipinski definition) is 2. The van der Waals surface area contributed by atoms with Crippen LogP contribution in [0.1, 0.15) is 36.5 Å². The number of rotatable bonds is 4. The van der Waals surface area contributed by atoms with E-state index in [0.29, 0.717) is 10.7 Å². The summed E-state index contributed by atoms with van der Waals surface area (Å²) in [5, 5.41) is 3.50. The summed E-state index contributed by atoms with van der Waals surface area (Å²) in [4.78, 5) is 12.4. The van der Waals surface area contributed by atoms with Gasteiger partial charge in [0.2, 0.25) is 0 Å². The monoisotopic (exact) mass is 343 g/mol. The van der Waals surface area contributed by atoms with Crippen molar-refractivity contribution in [2.24, 2.45) is 0 Å². The molecule has 1 aliphatic carbocycles. The van der Waals surface area contributed by atoms with Crippen LogP contribution in [0.5, 0.6) is 5.75 Å². The third-order valence-electron chi connectivity index (χ3n) is 4.47. The van der Waals surface area contributed by atoms with Gasteiger partial charge in [-0.2, -0.15) is 0 Å². The number of carbonyl (C=O) groups is 1. The second kappa shape index (κ2) is 7.27. The molecule has 126 valence electrons.